The molecule has 0 aliphatic rings. The van der Waals surface area contributed by atoms with Gasteiger partial charge in [-0.3, -0.25) is 14.2 Å². The predicted molar refractivity (Wildman–Crippen MR) is 114 cm³/mol. The van der Waals surface area contributed by atoms with Crippen LogP contribution < -0.4 is 0 Å². The summed E-state index contributed by atoms with van der Waals surface area (Å²) >= 11 is 5.94. The predicted octanol–water partition coefficient (Wildman–Crippen LogP) is 5.39. The van der Waals surface area contributed by atoms with E-state index in [4.69, 9.17) is 11.6 Å². The number of halogens is 1. The number of carboxylic acids is 1. The maximum Gasteiger partial charge on any atom is 0.314 e. The molecule has 0 unspecified atom stereocenters. The van der Waals surface area contributed by atoms with Crippen LogP contribution >= 0.6 is 11.6 Å². The van der Waals surface area contributed by atoms with Crippen LogP contribution in [-0.4, -0.2) is 26.7 Å². The van der Waals surface area contributed by atoms with E-state index >= 15 is 0 Å². The lowest BCUT2D eigenvalue weighted by Crippen LogP contribution is -2.39. The number of aromatic hydroxyl groups is 1. The number of carbonyl (C=O) groups is 2. The molecule has 6 heteroatoms. The van der Waals surface area contributed by atoms with Crippen molar-refractivity contribution in [2.24, 2.45) is 5.92 Å². The number of carboxylic acid groups (broad SMARTS) is 1. The molecule has 0 bridgehead atoms. The maximum atomic E-state index is 13.3. The Labute approximate surface area is 174 Å². The summed E-state index contributed by atoms with van der Waals surface area (Å²) in [4.78, 5) is 25.8. The summed E-state index contributed by atoms with van der Waals surface area (Å²) in [6, 6.07) is 11.2. The number of hydrogen-bond donors (Lipinski definition) is 2. The van der Waals surface area contributed by atoms with E-state index in [2.05, 4.69) is 0 Å². The molecule has 1 heterocycles. The van der Waals surface area contributed by atoms with Crippen LogP contribution in [0.3, 0.4) is 0 Å². The van der Waals surface area contributed by atoms with Gasteiger partial charge in [-0.1, -0.05) is 31.9 Å². The van der Waals surface area contributed by atoms with Gasteiger partial charge in [0, 0.05) is 21.7 Å². The molecule has 152 valence electrons. The van der Waals surface area contributed by atoms with Crippen LogP contribution in [0, 0.1) is 12.8 Å². The molecule has 0 aliphatic heterocycles. The number of aromatic nitrogens is 1. The first-order valence-electron chi connectivity index (χ1n) is 9.51. The van der Waals surface area contributed by atoms with Crippen LogP contribution in [0.15, 0.2) is 42.5 Å². The van der Waals surface area contributed by atoms with Gasteiger partial charge in [0.15, 0.2) is 0 Å². The van der Waals surface area contributed by atoms with Crippen molar-refractivity contribution in [3.8, 4) is 5.75 Å². The minimum absolute atomic E-state index is 0.0201. The van der Waals surface area contributed by atoms with Gasteiger partial charge in [0.25, 0.3) is 5.91 Å². The summed E-state index contributed by atoms with van der Waals surface area (Å²) in [5, 5.41) is 21.3. The van der Waals surface area contributed by atoms with Gasteiger partial charge in [-0.2, -0.15) is 0 Å². The van der Waals surface area contributed by atoms with E-state index in [1.165, 1.54) is 16.7 Å². The lowest BCUT2D eigenvalue weighted by Gasteiger charge is -2.32. The van der Waals surface area contributed by atoms with Gasteiger partial charge in [0.2, 0.25) is 0 Å². The standard InChI is InChI=1S/C23H24ClNO4/c1-5-13(2)23(4,22(28)29)20-14(3)25(19-11-10-17(26)12-18(19)20)21(27)15-6-8-16(24)9-7-15/h6-13,26H,5H2,1-4H3,(H,28,29)/t13-,23+/m1/s1. The number of nitrogens with zero attached hydrogens (tertiary/aromatic N) is 1. The zero-order valence-corrected chi connectivity index (χ0v) is 17.6. The fraction of sp³-hybridized carbons (Fsp3) is 0.304. The van der Waals surface area contributed by atoms with Crippen LogP contribution in [0.4, 0.5) is 0 Å². The van der Waals surface area contributed by atoms with Crippen molar-refractivity contribution in [1.82, 2.24) is 4.57 Å². The van der Waals surface area contributed by atoms with E-state index in [0.717, 1.165) is 0 Å². The molecule has 3 aromatic rings. The zero-order chi connectivity index (χ0) is 21.5. The number of carbonyl (C=O) groups excluding carboxylic acids is 1. The summed E-state index contributed by atoms with van der Waals surface area (Å²) in [5.41, 5.74) is 0.875. The molecule has 0 fully saturated rings. The number of hydrogen-bond acceptors (Lipinski definition) is 3. The van der Waals surface area contributed by atoms with Gasteiger partial charge in [-0.05, 0) is 67.8 Å². The number of aliphatic carboxylic acids is 1. The molecule has 0 saturated carbocycles. The second-order valence-corrected chi connectivity index (χ2v) is 8.06. The normalized spacial score (nSPS) is 14.5. The van der Waals surface area contributed by atoms with Gasteiger partial charge < -0.3 is 10.2 Å². The van der Waals surface area contributed by atoms with Crippen LogP contribution in [-0.2, 0) is 10.2 Å². The number of phenols is 1. The minimum atomic E-state index is -1.23. The summed E-state index contributed by atoms with van der Waals surface area (Å²) < 4.78 is 1.52. The summed E-state index contributed by atoms with van der Waals surface area (Å²) in [6.45, 7) is 7.27. The monoisotopic (exact) mass is 413 g/mol. The average Bonchev–Trinajstić information content (AvgIpc) is 2.97. The van der Waals surface area contributed by atoms with Gasteiger partial charge >= 0.3 is 5.97 Å². The third-order valence-corrected chi connectivity index (χ3v) is 6.30. The van der Waals surface area contributed by atoms with Crippen molar-refractivity contribution >= 4 is 34.4 Å². The van der Waals surface area contributed by atoms with E-state index in [1.54, 1.807) is 44.2 Å². The molecule has 0 spiro atoms. The maximum absolute atomic E-state index is 13.3. The molecule has 3 rings (SSSR count). The SMILES string of the molecule is CC[C@@H](C)[C@](C)(C(=O)O)c1c(C)n(C(=O)c2ccc(Cl)cc2)c2ccc(O)cc12. The first kappa shape index (κ1) is 20.9. The number of benzene rings is 2. The Kier molecular flexibility index (Phi) is 5.46. The Morgan fingerprint density at radius 2 is 1.79 bits per heavy atom. The van der Waals surface area contributed by atoms with E-state index in [-0.39, 0.29) is 17.6 Å². The minimum Gasteiger partial charge on any atom is -0.508 e. The molecular weight excluding hydrogens is 390 g/mol. The first-order chi connectivity index (χ1) is 13.6. The second-order valence-electron chi connectivity index (χ2n) is 7.63. The molecule has 1 aromatic heterocycles. The molecule has 2 aromatic carbocycles. The first-order valence-corrected chi connectivity index (χ1v) is 9.88. The summed E-state index contributed by atoms with van der Waals surface area (Å²) in [7, 11) is 0. The zero-order valence-electron chi connectivity index (χ0n) is 16.9. The van der Waals surface area contributed by atoms with E-state index < -0.39 is 11.4 Å². The molecular formula is C23H24ClNO4. The molecule has 5 nitrogen and oxygen atoms in total. The number of phenolic OH excluding ortho intramolecular Hbond substituents is 1. The van der Waals surface area contributed by atoms with E-state index in [0.29, 0.717) is 39.2 Å². The van der Waals surface area contributed by atoms with Crippen molar-refractivity contribution in [3.63, 3.8) is 0 Å². The van der Waals surface area contributed by atoms with Crippen molar-refractivity contribution in [3.05, 3.63) is 64.3 Å². The Hall–Kier alpha value is -2.79. The van der Waals surface area contributed by atoms with Crippen LogP contribution in [0.1, 0.15) is 48.8 Å². The fourth-order valence-corrected chi connectivity index (χ4v) is 4.14. The van der Waals surface area contributed by atoms with E-state index in [9.17, 15) is 19.8 Å². The van der Waals surface area contributed by atoms with Crippen molar-refractivity contribution in [2.75, 3.05) is 0 Å². The van der Waals surface area contributed by atoms with Gasteiger partial charge in [0.1, 0.15) is 5.75 Å². The lowest BCUT2D eigenvalue weighted by molar-refractivity contribution is -0.145. The highest BCUT2D eigenvalue weighted by Gasteiger charge is 2.44. The highest BCUT2D eigenvalue weighted by Crippen LogP contribution is 2.43. The molecule has 0 amide bonds. The molecule has 0 saturated heterocycles. The highest BCUT2D eigenvalue weighted by atomic mass is 35.5. The van der Waals surface area contributed by atoms with Crippen molar-refractivity contribution < 1.29 is 19.8 Å². The van der Waals surface area contributed by atoms with E-state index in [1.807, 2.05) is 13.8 Å². The molecule has 29 heavy (non-hydrogen) atoms. The molecule has 0 aliphatic carbocycles. The van der Waals surface area contributed by atoms with Crippen LogP contribution in [0.2, 0.25) is 5.02 Å². The fourth-order valence-electron chi connectivity index (χ4n) is 4.02. The number of rotatable bonds is 5. The van der Waals surface area contributed by atoms with Gasteiger partial charge in [-0.25, -0.2) is 0 Å². The highest BCUT2D eigenvalue weighted by molar-refractivity contribution is 6.30. The van der Waals surface area contributed by atoms with Gasteiger partial charge in [0.05, 0.1) is 10.9 Å². The average molecular weight is 414 g/mol. The van der Waals surface area contributed by atoms with Gasteiger partial charge in [-0.15, -0.1) is 0 Å². The molecule has 2 N–H and O–H groups in total. The largest absolute Gasteiger partial charge is 0.508 e. The second kappa shape index (κ2) is 7.56. The Balaban J connectivity index is 2.37. The quantitative estimate of drug-likeness (QED) is 0.588. The smallest absolute Gasteiger partial charge is 0.314 e. The molecule has 2 atom stereocenters. The topological polar surface area (TPSA) is 79.5 Å². The third kappa shape index (κ3) is 3.29. The lowest BCUT2D eigenvalue weighted by atomic mass is 9.70. The van der Waals surface area contributed by atoms with Crippen molar-refractivity contribution in [1.29, 1.82) is 0 Å². The Morgan fingerprint density at radius 3 is 2.34 bits per heavy atom. The number of fused-ring (bicyclic) bond motifs is 1. The van der Waals surface area contributed by atoms with Crippen LogP contribution in [0.5, 0.6) is 5.75 Å². The Bertz CT molecular complexity index is 1100. The summed E-state index contributed by atoms with van der Waals surface area (Å²) in [6.07, 6.45) is 0.652. The van der Waals surface area contributed by atoms with Crippen molar-refractivity contribution in [2.45, 2.75) is 39.5 Å². The molecule has 0 radical (unpaired) electrons. The van der Waals surface area contributed by atoms with Crippen LogP contribution in [0.25, 0.3) is 10.9 Å². The third-order valence-electron chi connectivity index (χ3n) is 6.04. The Morgan fingerprint density at radius 1 is 1.17 bits per heavy atom. The summed E-state index contributed by atoms with van der Waals surface area (Å²) in [5.74, 6) is -1.41.